The summed E-state index contributed by atoms with van der Waals surface area (Å²) in [7, 11) is 6.77. The normalized spacial score (nSPS) is 18.2. The Hall–Kier alpha value is 1.39. The zero-order chi connectivity index (χ0) is 17.9. The van der Waals surface area contributed by atoms with Crippen LogP contribution in [-0.4, -0.2) is 105 Å². The van der Waals surface area contributed by atoms with Crippen LogP contribution in [0.3, 0.4) is 0 Å². The fourth-order valence-electron chi connectivity index (χ4n) is 3.32. The number of pyridine rings is 1. The van der Waals surface area contributed by atoms with Crippen LogP contribution in [0.5, 0.6) is 0 Å². The van der Waals surface area contributed by atoms with Crippen molar-refractivity contribution in [2.75, 3.05) is 80.0 Å². The predicted molar refractivity (Wildman–Crippen MR) is 158 cm³/mol. The van der Waals surface area contributed by atoms with Gasteiger partial charge < -0.3 is 19.6 Å². The van der Waals surface area contributed by atoms with Gasteiger partial charge in [0.25, 0.3) is 0 Å². The number of hydrogen-bond acceptors (Lipinski definition) is 5. The van der Waals surface area contributed by atoms with E-state index in [4.69, 9.17) is 0 Å². The largest absolute Gasteiger partial charge is 0.305 e. The number of nitrogens with zero attached hydrogens (tertiary/aromatic N) is 5. The molecule has 0 atom stereocenters. The average Bonchev–Trinajstić information content (AvgIpc) is 2.62. The van der Waals surface area contributed by atoms with Gasteiger partial charge in [0.2, 0.25) is 0 Å². The van der Waals surface area contributed by atoms with Crippen LogP contribution in [-0.2, 0) is 6.42 Å². The van der Waals surface area contributed by atoms with E-state index in [1.807, 2.05) is 12.3 Å². The third-order valence-electron chi connectivity index (χ3n) is 5.17. The minimum Gasteiger partial charge on any atom is -0.305 e. The Kier molecular flexibility index (Phi) is 30.3. The van der Waals surface area contributed by atoms with Gasteiger partial charge in [-0.05, 0) is 72.3 Å². The highest BCUT2D eigenvalue weighted by Gasteiger charge is 2.10. The second kappa shape index (κ2) is 23.5. The van der Waals surface area contributed by atoms with E-state index in [-0.39, 0.29) is 84.9 Å². The van der Waals surface area contributed by atoms with Crippen molar-refractivity contribution in [3.05, 3.63) is 30.1 Å². The van der Waals surface area contributed by atoms with Gasteiger partial charge in [-0.2, -0.15) is 0 Å². The lowest BCUT2D eigenvalue weighted by atomic mass is 10.2. The van der Waals surface area contributed by atoms with Crippen molar-refractivity contribution in [1.82, 2.24) is 24.6 Å². The lowest BCUT2D eigenvalue weighted by Crippen LogP contribution is -2.39. The molecule has 1 saturated heterocycles. The van der Waals surface area contributed by atoms with E-state index >= 15 is 0 Å². The van der Waals surface area contributed by atoms with Gasteiger partial charge in [0.05, 0.1) is 0 Å². The summed E-state index contributed by atoms with van der Waals surface area (Å²) < 4.78 is 0. The van der Waals surface area contributed by atoms with Gasteiger partial charge >= 0.3 is 0 Å². The molecule has 0 unspecified atom stereocenters. The molecule has 2 heterocycles. The Morgan fingerprint density at radius 3 is 1.67 bits per heavy atom. The monoisotopic (exact) mass is 747 g/mol. The third-order valence-corrected chi connectivity index (χ3v) is 5.17. The number of halogens is 5. The van der Waals surface area contributed by atoms with Gasteiger partial charge in [-0.3, -0.25) is 4.98 Å². The molecule has 1 fully saturated rings. The molecule has 0 bridgehead atoms. The zero-order valence-corrected chi connectivity index (χ0v) is 27.1. The van der Waals surface area contributed by atoms with E-state index in [1.165, 1.54) is 57.8 Å². The molecule has 0 saturated carbocycles. The van der Waals surface area contributed by atoms with Crippen molar-refractivity contribution >= 4 is 84.9 Å². The van der Waals surface area contributed by atoms with Crippen molar-refractivity contribution in [3.8, 4) is 0 Å². The van der Waals surface area contributed by atoms with Crippen LogP contribution in [0.2, 0.25) is 0 Å². The Balaban J connectivity index is -0.000000676. The van der Waals surface area contributed by atoms with Crippen molar-refractivity contribution in [2.24, 2.45) is 0 Å². The van der Waals surface area contributed by atoms with Crippen LogP contribution in [0.1, 0.15) is 18.5 Å². The molecule has 1 aromatic heterocycles. The quantitative estimate of drug-likeness (QED) is 0.457. The van der Waals surface area contributed by atoms with Crippen molar-refractivity contribution < 1.29 is 0 Å². The van der Waals surface area contributed by atoms with Crippen LogP contribution in [0.4, 0.5) is 0 Å². The van der Waals surface area contributed by atoms with E-state index in [9.17, 15) is 0 Å². The number of rotatable bonds is 3. The minimum atomic E-state index is 0. The van der Waals surface area contributed by atoms with Gasteiger partial charge in [-0.15, -0.1) is 84.9 Å². The van der Waals surface area contributed by atoms with Crippen molar-refractivity contribution in [3.63, 3.8) is 0 Å². The van der Waals surface area contributed by atoms with E-state index < -0.39 is 0 Å². The second-order valence-corrected chi connectivity index (χ2v) is 7.53. The first kappa shape index (κ1) is 38.6. The van der Waals surface area contributed by atoms with Crippen LogP contribution < -0.4 is 0 Å². The molecular weight excluding hydrogens is 710 g/mol. The zero-order valence-electron chi connectivity index (χ0n) is 18.6. The first-order valence-corrected chi connectivity index (χ1v) is 9.81. The van der Waals surface area contributed by atoms with Crippen molar-refractivity contribution in [2.45, 2.75) is 19.3 Å². The summed E-state index contributed by atoms with van der Waals surface area (Å²) in [5, 5.41) is 0. The summed E-state index contributed by atoms with van der Waals surface area (Å²) in [6, 6.07) is 6.22. The summed E-state index contributed by atoms with van der Waals surface area (Å²) in [5.41, 5.74) is 1.20. The predicted octanol–water partition coefficient (Wildman–Crippen LogP) is 4.40. The maximum absolute atomic E-state index is 4.47. The number of likely N-dealkylation sites (N-methyl/N-ethyl adjacent to an activating group) is 3. The fraction of sp³-hybridized carbons (Fsp3) is 0.750. The maximum Gasteiger partial charge on any atom is 0.0416 e. The standard InChI is InChI=1S/C20H37N5.5BrH/c1-22-11-6-12-24(3)18-19-25(14-7-13-23(2)17-16-22)15-9-20-8-4-5-10-21-20;;;;;/h4-5,8,10H,6-7,9,11-19H2,1-3H3;5*1H. The molecule has 30 heavy (non-hydrogen) atoms. The molecule has 5 nitrogen and oxygen atoms in total. The molecule has 1 aliphatic rings. The maximum atomic E-state index is 4.47. The van der Waals surface area contributed by atoms with Gasteiger partial charge in [-0.25, -0.2) is 0 Å². The summed E-state index contributed by atoms with van der Waals surface area (Å²) in [4.78, 5) is 14.5. The van der Waals surface area contributed by atoms with Gasteiger partial charge in [0, 0.05) is 51.0 Å². The molecule has 0 radical (unpaired) electrons. The third kappa shape index (κ3) is 17.9. The Morgan fingerprint density at radius 2 is 1.17 bits per heavy atom. The van der Waals surface area contributed by atoms with Crippen LogP contribution in [0, 0.1) is 0 Å². The van der Waals surface area contributed by atoms with E-state index in [0.717, 1.165) is 26.1 Å². The van der Waals surface area contributed by atoms with E-state index in [1.54, 1.807) is 0 Å². The number of aromatic nitrogens is 1. The van der Waals surface area contributed by atoms with E-state index in [0.29, 0.717) is 0 Å². The molecule has 0 N–H and O–H groups in total. The molecule has 2 rings (SSSR count). The smallest absolute Gasteiger partial charge is 0.0416 e. The highest BCUT2D eigenvalue weighted by molar-refractivity contribution is 8.93. The molecule has 1 aliphatic heterocycles. The SMILES string of the molecule is Br.Br.Br.Br.Br.CN1CCCN(C)CCN(CCc2ccccn2)CCCN(C)CC1. The minimum absolute atomic E-state index is 0. The molecule has 10 heteroatoms. The first-order valence-electron chi connectivity index (χ1n) is 9.81. The molecule has 0 aromatic carbocycles. The molecule has 0 aliphatic carbocycles. The Morgan fingerprint density at radius 1 is 0.667 bits per heavy atom. The summed E-state index contributed by atoms with van der Waals surface area (Å²) in [6.07, 6.45) is 5.44. The molecule has 0 spiro atoms. The summed E-state index contributed by atoms with van der Waals surface area (Å²) >= 11 is 0. The second-order valence-electron chi connectivity index (χ2n) is 7.53. The molecule has 1 aromatic rings. The Bertz CT molecular complexity index is 472. The Labute approximate surface area is 237 Å². The molecule has 0 amide bonds. The van der Waals surface area contributed by atoms with Gasteiger partial charge in [-0.1, -0.05) is 6.07 Å². The lowest BCUT2D eigenvalue weighted by molar-refractivity contribution is 0.191. The fourth-order valence-corrected chi connectivity index (χ4v) is 3.32. The van der Waals surface area contributed by atoms with Crippen LogP contribution >= 0.6 is 84.9 Å². The van der Waals surface area contributed by atoms with E-state index in [2.05, 4.69) is 57.9 Å². The van der Waals surface area contributed by atoms with Gasteiger partial charge in [0.15, 0.2) is 0 Å². The molecular formula is C20H42Br5N5. The first-order chi connectivity index (χ1) is 12.1. The average molecular weight is 752 g/mol. The highest BCUT2D eigenvalue weighted by atomic mass is 79.9. The number of hydrogen-bond donors (Lipinski definition) is 0. The van der Waals surface area contributed by atoms with Crippen LogP contribution in [0.25, 0.3) is 0 Å². The van der Waals surface area contributed by atoms with Gasteiger partial charge in [0.1, 0.15) is 0 Å². The molecule has 182 valence electrons. The highest BCUT2D eigenvalue weighted by Crippen LogP contribution is 2.02. The van der Waals surface area contributed by atoms with Crippen LogP contribution in [0.15, 0.2) is 24.4 Å². The van der Waals surface area contributed by atoms with Crippen molar-refractivity contribution in [1.29, 1.82) is 0 Å². The lowest BCUT2D eigenvalue weighted by Gasteiger charge is -2.28. The topological polar surface area (TPSA) is 25.9 Å². The summed E-state index contributed by atoms with van der Waals surface area (Å²) in [6.45, 7) is 10.5. The summed E-state index contributed by atoms with van der Waals surface area (Å²) in [5.74, 6) is 0.